The van der Waals surface area contributed by atoms with Gasteiger partial charge in [0.15, 0.2) is 0 Å². The van der Waals surface area contributed by atoms with Crippen molar-refractivity contribution in [1.29, 1.82) is 0 Å². The first-order chi connectivity index (χ1) is 9.35. The number of aromatic nitrogens is 1. The van der Waals surface area contributed by atoms with Crippen LogP contribution in [0.15, 0.2) is 42.6 Å². The van der Waals surface area contributed by atoms with E-state index in [1.165, 1.54) is 16.8 Å². The van der Waals surface area contributed by atoms with Crippen molar-refractivity contribution in [3.05, 3.63) is 65.0 Å². The topological polar surface area (TPSA) is 42.1 Å². The summed E-state index contributed by atoms with van der Waals surface area (Å²) in [6, 6.07) is 12.8. The fourth-order valence-electron chi connectivity index (χ4n) is 2.62. The van der Waals surface area contributed by atoms with E-state index >= 15 is 0 Å². The summed E-state index contributed by atoms with van der Waals surface area (Å²) in [5, 5.41) is 0. The molecule has 2 N–H and O–H groups in total. The smallest absolute Gasteiger partial charge is 0.0461 e. The van der Waals surface area contributed by atoms with Gasteiger partial charge in [-0.2, -0.15) is 0 Å². The normalized spacial score (nSPS) is 15.2. The summed E-state index contributed by atoms with van der Waals surface area (Å²) in [5.41, 5.74) is 10.8. The third-order valence-electron chi connectivity index (χ3n) is 3.66. The Morgan fingerprint density at radius 2 is 2.00 bits per heavy atom. The fourth-order valence-corrected chi connectivity index (χ4v) is 2.62. The zero-order valence-electron chi connectivity index (χ0n) is 11.0. The molecule has 1 aliphatic heterocycles. The van der Waals surface area contributed by atoms with E-state index in [4.69, 9.17) is 5.73 Å². The molecule has 0 spiro atoms. The Labute approximate surface area is 114 Å². The molecule has 3 nitrogen and oxygen atoms in total. The van der Waals surface area contributed by atoms with Gasteiger partial charge in [-0.15, -0.1) is 0 Å². The molecule has 0 unspecified atom stereocenters. The van der Waals surface area contributed by atoms with Crippen molar-refractivity contribution in [2.45, 2.75) is 26.1 Å². The molecule has 3 rings (SSSR count). The molecule has 1 aromatic heterocycles. The summed E-state index contributed by atoms with van der Waals surface area (Å²) in [6.45, 7) is 3.63. The lowest BCUT2D eigenvalue weighted by molar-refractivity contribution is 0.243. The van der Waals surface area contributed by atoms with E-state index in [9.17, 15) is 0 Å². The molecule has 0 saturated heterocycles. The SMILES string of the molecule is NCc1cnc2c(c1)CN(Cc1ccccc1)CC2. The van der Waals surface area contributed by atoms with Gasteiger partial charge in [-0.25, -0.2) is 0 Å². The molecular weight excluding hydrogens is 234 g/mol. The Bertz CT molecular complexity index is 551. The standard InChI is InChI=1S/C16H19N3/c17-9-14-8-15-12-19(7-6-16(15)18-10-14)11-13-4-2-1-3-5-13/h1-5,8,10H,6-7,9,11-12,17H2. The average Bonchev–Trinajstić information content (AvgIpc) is 2.47. The molecular formula is C16H19N3. The van der Waals surface area contributed by atoms with Crippen LogP contribution in [0.1, 0.15) is 22.4 Å². The van der Waals surface area contributed by atoms with Crippen LogP contribution in [0.3, 0.4) is 0 Å². The van der Waals surface area contributed by atoms with Crippen LogP contribution in [0, 0.1) is 0 Å². The highest BCUT2D eigenvalue weighted by Gasteiger charge is 2.17. The fraction of sp³-hybridized carbons (Fsp3) is 0.312. The van der Waals surface area contributed by atoms with Crippen molar-refractivity contribution in [3.63, 3.8) is 0 Å². The minimum atomic E-state index is 0.568. The van der Waals surface area contributed by atoms with Crippen LogP contribution in [-0.4, -0.2) is 16.4 Å². The number of benzene rings is 1. The van der Waals surface area contributed by atoms with E-state index in [0.717, 1.165) is 31.6 Å². The highest BCUT2D eigenvalue weighted by atomic mass is 15.1. The van der Waals surface area contributed by atoms with Crippen LogP contribution < -0.4 is 5.73 Å². The molecule has 2 heterocycles. The molecule has 0 fully saturated rings. The van der Waals surface area contributed by atoms with Crippen molar-refractivity contribution < 1.29 is 0 Å². The highest BCUT2D eigenvalue weighted by Crippen LogP contribution is 2.19. The number of nitrogens with zero attached hydrogens (tertiary/aromatic N) is 2. The van der Waals surface area contributed by atoms with Crippen molar-refractivity contribution in [1.82, 2.24) is 9.88 Å². The number of fused-ring (bicyclic) bond motifs is 1. The Morgan fingerprint density at radius 1 is 1.16 bits per heavy atom. The number of pyridine rings is 1. The van der Waals surface area contributed by atoms with Gasteiger partial charge in [0.25, 0.3) is 0 Å². The maximum atomic E-state index is 5.69. The van der Waals surface area contributed by atoms with Crippen LogP contribution in [0.4, 0.5) is 0 Å². The summed E-state index contributed by atoms with van der Waals surface area (Å²) < 4.78 is 0. The molecule has 0 bridgehead atoms. The predicted molar refractivity (Wildman–Crippen MR) is 76.4 cm³/mol. The van der Waals surface area contributed by atoms with E-state index in [0.29, 0.717) is 6.54 Å². The Hall–Kier alpha value is -1.71. The molecule has 98 valence electrons. The lowest BCUT2D eigenvalue weighted by Crippen LogP contribution is -2.30. The van der Waals surface area contributed by atoms with E-state index in [-0.39, 0.29) is 0 Å². The minimum Gasteiger partial charge on any atom is -0.326 e. The number of hydrogen-bond acceptors (Lipinski definition) is 3. The van der Waals surface area contributed by atoms with E-state index in [1.54, 1.807) is 0 Å². The molecule has 1 aliphatic rings. The molecule has 0 aliphatic carbocycles. The van der Waals surface area contributed by atoms with Crippen molar-refractivity contribution in [2.75, 3.05) is 6.54 Å². The second kappa shape index (κ2) is 5.51. The molecule has 2 aromatic rings. The maximum Gasteiger partial charge on any atom is 0.0461 e. The largest absolute Gasteiger partial charge is 0.326 e. The molecule has 19 heavy (non-hydrogen) atoms. The second-order valence-corrected chi connectivity index (χ2v) is 5.10. The monoisotopic (exact) mass is 253 g/mol. The van der Waals surface area contributed by atoms with Crippen LogP contribution >= 0.6 is 0 Å². The number of rotatable bonds is 3. The molecule has 1 aromatic carbocycles. The summed E-state index contributed by atoms with van der Waals surface area (Å²) in [4.78, 5) is 7.00. The van der Waals surface area contributed by atoms with Gasteiger partial charge >= 0.3 is 0 Å². The molecule has 3 heteroatoms. The quantitative estimate of drug-likeness (QED) is 0.911. The average molecular weight is 253 g/mol. The van der Waals surface area contributed by atoms with Gasteiger partial charge in [0.05, 0.1) is 0 Å². The lowest BCUT2D eigenvalue weighted by Gasteiger charge is -2.28. The molecule has 0 radical (unpaired) electrons. The van der Waals surface area contributed by atoms with Crippen molar-refractivity contribution >= 4 is 0 Å². The molecule has 0 saturated carbocycles. The van der Waals surface area contributed by atoms with Gasteiger partial charge < -0.3 is 5.73 Å². The van der Waals surface area contributed by atoms with Gasteiger partial charge in [-0.1, -0.05) is 30.3 Å². The van der Waals surface area contributed by atoms with Crippen LogP contribution in [-0.2, 0) is 26.1 Å². The lowest BCUT2D eigenvalue weighted by atomic mass is 10.0. The second-order valence-electron chi connectivity index (χ2n) is 5.10. The first-order valence-corrected chi connectivity index (χ1v) is 6.78. The van der Waals surface area contributed by atoms with Crippen LogP contribution in [0.2, 0.25) is 0 Å². The van der Waals surface area contributed by atoms with Crippen molar-refractivity contribution in [2.24, 2.45) is 5.73 Å². The summed E-state index contributed by atoms with van der Waals surface area (Å²) in [6.07, 6.45) is 2.94. The first-order valence-electron chi connectivity index (χ1n) is 6.78. The van der Waals surface area contributed by atoms with E-state index in [2.05, 4.69) is 46.3 Å². The third-order valence-corrected chi connectivity index (χ3v) is 3.66. The first kappa shape index (κ1) is 12.3. The zero-order chi connectivity index (χ0) is 13.1. The molecule has 0 atom stereocenters. The Kier molecular flexibility index (Phi) is 3.58. The summed E-state index contributed by atoms with van der Waals surface area (Å²) in [5.74, 6) is 0. The summed E-state index contributed by atoms with van der Waals surface area (Å²) in [7, 11) is 0. The highest BCUT2D eigenvalue weighted by molar-refractivity contribution is 5.27. The van der Waals surface area contributed by atoms with Crippen LogP contribution in [0.25, 0.3) is 0 Å². The Morgan fingerprint density at radius 3 is 2.79 bits per heavy atom. The van der Waals surface area contributed by atoms with Gasteiger partial charge in [0.1, 0.15) is 0 Å². The number of hydrogen-bond donors (Lipinski definition) is 1. The van der Waals surface area contributed by atoms with Gasteiger partial charge in [-0.3, -0.25) is 9.88 Å². The van der Waals surface area contributed by atoms with Gasteiger partial charge in [0, 0.05) is 44.5 Å². The third kappa shape index (κ3) is 2.83. The Balaban J connectivity index is 1.74. The summed E-state index contributed by atoms with van der Waals surface area (Å²) >= 11 is 0. The zero-order valence-corrected chi connectivity index (χ0v) is 11.0. The van der Waals surface area contributed by atoms with Gasteiger partial charge in [-0.05, 0) is 22.8 Å². The van der Waals surface area contributed by atoms with Gasteiger partial charge in [0.2, 0.25) is 0 Å². The maximum absolute atomic E-state index is 5.69. The predicted octanol–water partition coefficient (Wildman–Crippen LogP) is 2.10. The van der Waals surface area contributed by atoms with E-state index in [1.807, 2.05) is 6.20 Å². The molecule has 0 amide bonds. The van der Waals surface area contributed by atoms with E-state index < -0.39 is 0 Å². The van der Waals surface area contributed by atoms with Crippen LogP contribution in [0.5, 0.6) is 0 Å². The number of nitrogens with two attached hydrogens (primary N) is 1. The minimum absolute atomic E-state index is 0.568. The van der Waals surface area contributed by atoms with Crippen molar-refractivity contribution in [3.8, 4) is 0 Å².